The summed E-state index contributed by atoms with van der Waals surface area (Å²) < 4.78 is 0. The first kappa shape index (κ1) is 15.5. The minimum Gasteiger partial charge on any atom is -0.395 e. The highest BCUT2D eigenvalue weighted by Gasteiger charge is 2.19. The Hall–Kier alpha value is -0.900. The van der Waals surface area contributed by atoms with E-state index in [9.17, 15) is 0 Å². The number of benzene rings is 1. The summed E-state index contributed by atoms with van der Waals surface area (Å²) >= 11 is 0. The lowest BCUT2D eigenvalue weighted by atomic mass is 9.96. The predicted octanol–water partition coefficient (Wildman–Crippen LogP) is 1.91. The Morgan fingerprint density at radius 1 is 1.25 bits per heavy atom. The fraction of sp³-hybridized carbons (Fsp3) is 0.647. The summed E-state index contributed by atoms with van der Waals surface area (Å²) in [5.41, 5.74) is 1.44. The van der Waals surface area contributed by atoms with E-state index in [4.69, 9.17) is 5.11 Å². The quantitative estimate of drug-likeness (QED) is 0.798. The molecule has 3 nitrogen and oxygen atoms in total. The van der Waals surface area contributed by atoms with Gasteiger partial charge in [0.25, 0.3) is 0 Å². The van der Waals surface area contributed by atoms with Gasteiger partial charge in [-0.05, 0) is 57.3 Å². The van der Waals surface area contributed by atoms with Crippen LogP contribution in [-0.4, -0.2) is 48.8 Å². The van der Waals surface area contributed by atoms with Gasteiger partial charge in [-0.1, -0.05) is 30.3 Å². The van der Waals surface area contributed by atoms with E-state index >= 15 is 0 Å². The summed E-state index contributed by atoms with van der Waals surface area (Å²) in [5.74, 6) is 0.775. The second kappa shape index (κ2) is 8.40. The normalized spacial score (nSPS) is 19.1. The monoisotopic (exact) mass is 276 g/mol. The molecule has 20 heavy (non-hydrogen) atoms. The zero-order valence-corrected chi connectivity index (χ0v) is 12.6. The molecule has 0 radical (unpaired) electrons. The highest BCUT2D eigenvalue weighted by Crippen LogP contribution is 2.17. The molecule has 1 saturated heterocycles. The third kappa shape index (κ3) is 5.23. The van der Waals surface area contributed by atoms with E-state index in [-0.39, 0.29) is 12.6 Å². The molecule has 112 valence electrons. The lowest BCUT2D eigenvalue weighted by Crippen LogP contribution is -2.40. The molecule has 0 aromatic heterocycles. The zero-order chi connectivity index (χ0) is 14.2. The maximum absolute atomic E-state index is 9.01. The molecule has 2 rings (SSSR count). The Balaban J connectivity index is 1.62. The van der Waals surface area contributed by atoms with Crippen molar-refractivity contribution in [2.24, 2.45) is 5.92 Å². The minimum atomic E-state index is 0.228. The van der Waals surface area contributed by atoms with Crippen molar-refractivity contribution in [1.82, 2.24) is 10.2 Å². The molecule has 0 spiro atoms. The van der Waals surface area contributed by atoms with E-state index in [1.165, 1.54) is 38.0 Å². The maximum atomic E-state index is 9.01. The minimum absolute atomic E-state index is 0.228. The van der Waals surface area contributed by atoms with Crippen molar-refractivity contribution in [3.8, 4) is 0 Å². The second-order valence-corrected chi connectivity index (χ2v) is 6.01. The molecule has 1 aliphatic rings. The number of aliphatic hydroxyl groups excluding tert-OH is 1. The highest BCUT2D eigenvalue weighted by atomic mass is 16.3. The van der Waals surface area contributed by atoms with Gasteiger partial charge in [0.2, 0.25) is 0 Å². The fourth-order valence-corrected chi connectivity index (χ4v) is 2.78. The van der Waals surface area contributed by atoms with E-state index in [2.05, 4.69) is 40.5 Å². The molecular weight excluding hydrogens is 248 g/mol. The van der Waals surface area contributed by atoms with Crippen LogP contribution in [-0.2, 0) is 6.42 Å². The van der Waals surface area contributed by atoms with Crippen LogP contribution in [0.25, 0.3) is 0 Å². The van der Waals surface area contributed by atoms with Crippen molar-refractivity contribution < 1.29 is 5.11 Å². The molecular formula is C17H28N2O. The van der Waals surface area contributed by atoms with E-state index in [1.807, 2.05) is 6.92 Å². The van der Waals surface area contributed by atoms with Gasteiger partial charge in [-0.25, -0.2) is 0 Å². The molecule has 0 aliphatic carbocycles. The number of nitrogens with one attached hydrogen (secondary N) is 1. The third-order valence-corrected chi connectivity index (χ3v) is 4.30. The van der Waals surface area contributed by atoms with Crippen LogP contribution >= 0.6 is 0 Å². The average molecular weight is 276 g/mol. The standard InChI is InChI=1S/C17H28N2O/c1-15(14-20)18-13-17-8-11-19(12-9-17)10-7-16-5-3-2-4-6-16/h2-6,15,17-18,20H,7-14H2,1H3. The van der Waals surface area contributed by atoms with Crippen LogP contribution in [0.1, 0.15) is 25.3 Å². The van der Waals surface area contributed by atoms with Crippen molar-refractivity contribution in [3.63, 3.8) is 0 Å². The van der Waals surface area contributed by atoms with Crippen LogP contribution in [0.5, 0.6) is 0 Å². The van der Waals surface area contributed by atoms with Crippen molar-refractivity contribution in [3.05, 3.63) is 35.9 Å². The number of rotatable bonds is 7. The van der Waals surface area contributed by atoms with Crippen LogP contribution in [0.2, 0.25) is 0 Å². The summed E-state index contributed by atoms with van der Waals surface area (Å²) in [6.07, 6.45) is 3.71. The number of piperidine rings is 1. The molecule has 0 bridgehead atoms. The van der Waals surface area contributed by atoms with Gasteiger partial charge in [-0.3, -0.25) is 0 Å². The van der Waals surface area contributed by atoms with Crippen LogP contribution in [0.3, 0.4) is 0 Å². The molecule has 1 unspecified atom stereocenters. The van der Waals surface area contributed by atoms with Crippen LogP contribution in [0.15, 0.2) is 30.3 Å². The van der Waals surface area contributed by atoms with E-state index < -0.39 is 0 Å². The van der Waals surface area contributed by atoms with Gasteiger partial charge in [0.15, 0.2) is 0 Å². The molecule has 1 heterocycles. The topological polar surface area (TPSA) is 35.5 Å². The van der Waals surface area contributed by atoms with E-state index in [1.54, 1.807) is 0 Å². The first-order valence-electron chi connectivity index (χ1n) is 7.88. The zero-order valence-electron chi connectivity index (χ0n) is 12.6. The maximum Gasteiger partial charge on any atom is 0.0581 e. The number of hydrogen-bond donors (Lipinski definition) is 2. The van der Waals surface area contributed by atoms with Gasteiger partial charge in [0, 0.05) is 12.6 Å². The summed E-state index contributed by atoms with van der Waals surface area (Å²) in [5, 5.41) is 12.4. The SMILES string of the molecule is CC(CO)NCC1CCN(CCc2ccccc2)CC1. The number of nitrogens with zero attached hydrogens (tertiary/aromatic N) is 1. The largest absolute Gasteiger partial charge is 0.395 e. The van der Waals surface area contributed by atoms with Gasteiger partial charge in [-0.15, -0.1) is 0 Å². The molecule has 3 heteroatoms. The van der Waals surface area contributed by atoms with E-state index in [0.29, 0.717) is 0 Å². The number of hydrogen-bond acceptors (Lipinski definition) is 3. The summed E-state index contributed by atoms with van der Waals surface area (Å²) in [6.45, 7) is 6.93. The van der Waals surface area contributed by atoms with Crippen LogP contribution < -0.4 is 5.32 Å². The van der Waals surface area contributed by atoms with Crippen LogP contribution in [0, 0.1) is 5.92 Å². The van der Waals surface area contributed by atoms with Crippen molar-refractivity contribution in [2.45, 2.75) is 32.2 Å². The van der Waals surface area contributed by atoms with Crippen molar-refractivity contribution in [2.75, 3.05) is 32.8 Å². The van der Waals surface area contributed by atoms with Crippen molar-refractivity contribution in [1.29, 1.82) is 0 Å². The first-order chi connectivity index (χ1) is 9.78. The van der Waals surface area contributed by atoms with Crippen molar-refractivity contribution >= 4 is 0 Å². The van der Waals surface area contributed by atoms with Gasteiger partial charge < -0.3 is 15.3 Å². The fourth-order valence-electron chi connectivity index (χ4n) is 2.78. The summed E-state index contributed by atoms with van der Waals surface area (Å²) in [4.78, 5) is 2.58. The summed E-state index contributed by atoms with van der Waals surface area (Å²) in [7, 11) is 0. The molecule has 1 aromatic carbocycles. The molecule has 1 atom stereocenters. The Morgan fingerprint density at radius 3 is 2.60 bits per heavy atom. The number of likely N-dealkylation sites (tertiary alicyclic amines) is 1. The van der Waals surface area contributed by atoms with Gasteiger partial charge in [-0.2, -0.15) is 0 Å². The highest BCUT2D eigenvalue weighted by molar-refractivity contribution is 5.14. The Morgan fingerprint density at radius 2 is 1.95 bits per heavy atom. The Kier molecular flexibility index (Phi) is 6.51. The van der Waals surface area contributed by atoms with E-state index in [0.717, 1.165) is 18.9 Å². The van der Waals surface area contributed by atoms with Gasteiger partial charge >= 0.3 is 0 Å². The summed E-state index contributed by atoms with van der Waals surface area (Å²) in [6, 6.07) is 11.0. The molecule has 0 amide bonds. The lowest BCUT2D eigenvalue weighted by Gasteiger charge is -2.32. The Labute approximate surface area is 123 Å². The molecule has 2 N–H and O–H groups in total. The molecule has 1 aliphatic heterocycles. The second-order valence-electron chi connectivity index (χ2n) is 6.01. The molecule has 1 fully saturated rings. The molecule has 1 aromatic rings. The number of aliphatic hydroxyl groups is 1. The smallest absolute Gasteiger partial charge is 0.0581 e. The average Bonchev–Trinajstić information content (AvgIpc) is 2.52. The van der Waals surface area contributed by atoms with Crippen LogP contribution in [0.4, 0.5) is 0 Å². The molecule has 0 saturated carbocycles. The lowest BCUT2D eigenvalue weighted by molar-refractivity contribution is 0.176. The van der Waals surface area contributed by atoms with Gasteiger partial charge in [0.05, 0.1) is 6.61 Å². The van der Waals surface area contributed by atoms with Gasteiger partial charge in [0.1, 0.15) is 0 Å². The predicted molar refractivity (Wildman–Crippen MR) is 83.9 cm³/mol. The first-order valence-corrected chi connectivity index (χ1v) is 7.88. The Bertz CT molecular complexity index is 361. The third-order valence-electron chi connectivity index (χ3n) is 4.30.